The summed E-state index contributed by atoms with van der Waals surface area (Å²) in [6, 6.07) is 20.9. The fraction of sp³-hybridized carbons (Fsp3) is 0.318. The van der Waals surface area contributed by atoms with Gasteiger partial charge in [-0.2, -0.15) is 10.1 Å². The SMILES string of the molecule is CCN(c1ccccc1)c1cnnc(N2CCN(Cc3ccccc3)CC2)n1. The number of aromatic nitrogens is 3. The van der Waals surface area contributed by atoms with Gasteiger partial charge in [-0.3, -0.25) is 4.90 Å². The first kappa shape index (κ1) is 18.4. The molecule has 1 fully saturated rings. The second kappa shape index (κ2) is 8.80. The van der Waals surface area contributed by atoms with Crippen LogP contribution in [-0.4, -0.2) is 52.8 Å². The van der Waals surface area contributed by atoms with Crippen molar-refractivity contribution in [3.8, 4) is 0 Å². The van der Waals surface area contributed by atoms with Crippen molar-refractivity contribution in [3.05, 3.63) is 72.4 Å². The van der Waals surface area contributed by atoms with Gasteiger partial charge in [0, 0.05) is 45.0 Å². The van der Waals surface area contributed by atoms with Gasteiger partial charge >= 0.3 is 0 Å². The molecule has 0 amide bonds. The molecule has 4 rings (SSSR count). The molecule has 0 unspecified atom stereocenters. The van der Waals surface area contributed by atoms with Gasteiger partial charge in [-0.05, 0) is 24.6 Å². The van der Waals surface area contributed by atoms with E-state index in [4.69, 9.17) is 4.98 Å². The van der Waals surface area contributed by atoms with Crippen LogP contribution in [0.5, 0.6) is 0 Å². The van der Waals surface area contributed by atoms with Crippen molar-refractivity contribution >= 4 is 17.5 Å². The maximum absolute atomic E-state index is 4.81. The molecular weight excluding hydrogens is 348 g/mol. The molecule has 144 valence electrons. The molecule has 1 aromatic heterocycles. The Balaban J connectivity index is 1.42. The zero-order valence-corrected chi connectivity index (χ0v) is 16.3. The van der Waals surface area contributed by atoms with Gasteiger partial charge in [0.2, 0.25) is 5.95 Å². The van der Waals surface area contributed by atoms with Gasteiger partial charge in [0.1, 0.15) is 0 Å². The van der Waals surface area contributed by atoms with E-state index in [0.29, 0.717) is 5.95 Å². The molecule has 0 saturated carbocycles. The Bertz CT molecular complexity index is 862. The highest BCUT2D eigenvalue weighted by molar-refractivity contribution is 5.59. The highest BCUT2D eigenvalue weighted by Gasteiger charge is 2.20. The van der Waals surface area contributed by atoms with E-state index in [0.717, 1.165) is 50.8 Å². The van der Waals surface area contributed by atoms with Crippen molar-refractivity contribution in [3.63, 3.8) is 0 Å². The topological polar surface area (TPSA) is 48.4 Å². The summed E-state index contributed by atoms with van der Waals surface area (Å²) in [6.07, 6.45) is 1.74. The molecule has 6 nitrogen and oxygen atoms in total. The van der Waals surface area contributed by atoms with E-state index >= 15 is 0 Å². The number of hydrogen-bond donors (Lipinski definition) is 0. The summed E-state index contributed by atoms with van der Waals surface area (Å²) in [5, 5.41) is 8.53. The van der Waals surface area contributed by atoms with Crippen LogP contribution in [0.3, 0.4) is 0 Å². The average molecular weight is 374 g/mol. The largest absolute Gasteiger partial charge is 0.337 e. The zero-order valence-electron chi connectivity index (χ0n) is 16.3. The van der Waals surface area contributed by atoms with Gasteiger partial charge in [-0.15, -0.1) is 5.10 Å². The molecular formula is C22H26N6. The Morgan fingerprint density at radius 3 is 2.25 bits per heavy atom. The molecule has 1 saturated heterocycles. The Hall–Kier alpha value is -2.99. The van der Waals surface area contributed by atoms with Crippen LogP contribution in [0.25, 0.3) is 0 Å². The lowest BCUT2D eigenvalue weighted by Gasteiger charge is -2.34. The van der Waals surface area contributed by atoms with Crippen LogP contribution in [0.4, 0.5) is 17.5 Å². The minimum absolute atomic E-state index is 0.714. The molecule has 2 heterocycles. The molecule has 2 aromatic carbocycles. The second-order valence-electron chi connectivity index (χ2n) is 6.94. The summed E-state index contributed by atoms with van der Waals surface area (Å²) in [4.78, 5) is 11.7. The van der Waals surface area contributed by atoms with Gasteiger partial charge in [0.15, 0.2) is 5.82 Å². The van der Waals surface area contributed by atoms with Crippen LogP contribution >= 0.6 is 0 Å². The number of anilines is 3. The Kier molecular flexibility index (Phi) is 5.77. The molecule has 0 N–H and O–H groups in total. The first-order chi connectivity index (χ1) is 13.8. The number of nitrogens with zero attached hydrogens (tertiary/aromatic N) is 6. The van der Waals surface area contributed by atoms with Gasteiger partial charge in [-0.1, -0.05) is 48.5 Å². The minimum atomic E-state index is 0.714. The van der Waals surface area contributed by atoms with Gasteiger partial charge in [0.05, 0.1) is 6.20 Å². The third kappa shape index (κ3) is 4.28. The average Bonchev–Trinajstić information content (AvgIpc) is 2.77. The number of benzene rings is 2. The van der Waals surface area contributed by atoms with Crippen molar-refractivity contribution in [1.82, 2.24) is 20.1 Å². The molecule has 0 spiro atoms. The quantitative estimate of drug-likeness (QED) is 0.659. The first-order valence-corrected chi connectivity index (χ1v) is 9.87. The lowest BCUT2D eigenvalue weighted by atomic mass is 10.2. The Labute approximate surface area is 166 Å². The van der Waals surface area contributed by atoms with Crippen LogP contribution in [-0.2, 0) is 6.54 Å². The molecule has 3 aromatic rings. The number of rotatable bonds is 6. The Morgan fingerprint density at radius 1 is 0.893 bits per heavy atom. The number of hydrogen-bond acceptors (Lipinski definition) is 6. The number of para-hydroxylation sites is 1. The highest BCUT2D eigenvalue weighted by Crippen LogP contribution is 2.23. The second-order valence-corrected chi connectivity index (χ2v) is 6.94. The molecule has 6 heteroatoms. The van der Waals surface area contributed by atoms with E-state index in [2.05, 4.69) is 74.3 Å². The van der Waals surface area contributed by atoms with E-state index in [1.807, 2.05) is 18.2 Å². The standard InChI is InChI=1S/C22H26N6/c1-2-28(20-11-7-4-8-12-20)21-17-23-25-22(24-21)27-15-13-26(14-16-27)18-19-9-5-3-6-10-19/h3-12,17H,2,13-16,18H2,1H3. The summed E-state index contributed by atoms with van der Waals surface area (Å²) in [5.74, 6) is 1.55. The van der Waals surface area contributed by atoms with Crippen molar-refractivity contribution in [2.24, 2.45) is 0 Å². The van der Waals surface area contributed by atoms with E-state index in [-0.39, 0.29) is 0 Å². The maximum Gasteiger partial charge on any atom is 0.247 e. The monoisotopic (exact) mass is 374 g/mol. The molecule has 0 aliphatic carbocycles. The summed E-state index contributed by atoms with van der Waals surface area (Å²) in [5.41, 5.74) is 2.47. The third-order valence-electron chi connectivity index (χ3n) is 5.10. The molecule has 1 aliphatic heterocycles. The lowest BCUT2D eigenvalue weighted by molar-refractivity contribution is 0.248. The molecule has 0 bridgehead atoms. The highest BCUT2D eigenvalue weighted by atomic mass is 15.4. The number of piperazine rings is 1. The van der Waals surface area contributed by atoms with Crippen LogP contribution in [0.15, 0.2) is 66.9 Å². The minimum Gasteiger partial charge on any atom is -0.337 e. The molecule has 0 radical (unpaired) electrons. The van der Waals surface area contributed by atoms with Crippen LogP contribution in [0, 0.1) is 0 Å². The van der Waals surface area contributed by atoms with Gasteiger partial charge in [0.25, 0.3) is 0 Å². The van der Waals surface area contributed by atoms with E-state index in [1.54, 1.807) is 6.20 Å². The summed E-state index contributed by atoms with van der Waals surface area (Å²) < 4.78 is 0. The Morgan fingerprint density at radius 2 is 1.57 bits per heavy atom. The third-order valence-corrected chi connectivity index (χ3v) is 5.10. The molecule has 0 atom stereocenters. The van der Waals surface area contributed by atoms with E-state index in [9.17, 15) is 0 Å². The van der Waals surface area contributed by atoms with E-state index < -0.39 is 0 Å². The lowest BCUT2D eigenvalue weighted by Crippen LogP contribution is -2.46. The smallest absolute Gasteiger partial charge is 0.247 e. The predicted molar refractivity (Wildman–Crippen MR) is 113 cm³/mol. The predicted octanol–water partition coefficient (Wildman–Crippen LogP) is 3.35. The van der Waals surface area contributed by atoms with Gasteiger partial charge in [-0.25, -0.2) is 0 Å². The van der Waals surface area contributed by atoms with Crippen molar-refractivity contribution in [2.75, 3.05) is 42.5 Å². The molecule has 1 aliphatic rings. The molecule has 28 heavy (non-hydrogen) atoms. The van der Waals surface area contributed by atoms with E-state index in [1.165, 1.54) is 5.56 Å². The first-order valence-electron chi connectivity index (χ1n) is 9.87. The van der Waals surface area contributed by atoms with Gasteiger partial charge < -0.3 is 9.80 Å². The summed E-state index contributed by atoms with van der Waals surface area (Å²) >= 11 is 0. The van der Waals surface area contributed by atoms with Crippen molar-refractivity contribution < 1.29 is 0 Å². The maximum atomic E-state index is 4.81. The van der Waals surface area contributed by atoms with Crippen LogP contribution in [0.1, 0.15) is 12.5 Å². The van der Waals surface area contributed by atoms with Crippen LogP contribution < -0.4 is 9.80 Å². The normalized spacial score (nSPS) is 14.8. The summed E-state index contributed by atoms with van der Waals surface area (Å²) in [6.45, 7) is 7.76. The fourth-order valence-corrected chi connectivity index (χ4v) is 3.58. The van der Waals surface area contributed by atoms with Crippen LogP contribution in [0.2, 0.25) is 0 Å². The fourth-order valence-electron chi connectivity index (χ4n) is 3.58. The summed E-state index contributed by atoms with van der Waals surface area (Å²) in [7, 11) is 0. The zero-order chi connectivity index (χ0) is 19.2. The van der Waals surface area contributed by atoms with Crippen molar-refractivity contribution in [2.45, 2.75) is 13.5 Å². The van der Waals surface area contributed by atoms with Crippen molar-refractivity contribution in [1.29, 1.82) is 0 Å².